The molecule has 1 aliphatic rings. The number of ether oxygens (including phenoxy) is 1. The molecule has 1 aliphatic carbocycles. The zero-order valence-corrected chi connectivity index (χ0v) is 17.6. The van der Waals surface area contributed by atoms with Crippen LogP contribution in [0.25, 0.3) is 0 Å². The van der Waals surface area contributed by atoms with Crippen molar-refractivity contribution in [2.24, 2.45) is 0 Å². The van der Waals surface area contributed by atoms with Crippen LogP contribution < -0.4 is 0 Å². The first-order chi connectivity index (χ1) is 13.3. The van der Waals surface area contributed by atoms with E-state index in [1.807, 2.05) is 0 Å². The number of hydrogen-bond acceptors (Lipinski definition) is 3. The van der Waals surface area contributed by atoms with E-state index in [1.54, 1.807) is 6.92 Å². The van der Waals surface area contributed by atoms with Crippen molar-refractivity contribution >= 4 is 11.8 Å². The highest BCUT2D eigenvalue weighted by atomic mass is 16.5. The first-order valence-electron chi connectivity index (χ1n) is 10.3. The summed E-state index contributed by atoms with van der Waals surface area (Å²) >= 11 is 0. The largest absolute Gasteiger partial charge is 0.461 e. The molecule has 0 fully saturated rings. The second kappa shape index (κ2) is 7.94. The molecule has 1 heterocycles. The van der Waals surface area contributed by atoms with Gasteiger partial charge in [-0.05, 0) is 47.8 Å². The van der Waals surface area contributed by atoms with E-state index in [0.717, 1.165) is 29.7 Å². The average Bonchev–Trinajstić information content (AvgIpc) is 3.01. The van der Waals surface area contributed by atoms with Crippen molar-refractivity contribution in [1.82, 2.24) is 4.98 Å². The van der Waals surface area contributed by atoms with Gasteiger partial charge in [-0.2, -0.15) is 0 Å². The Bertz CT molecular complexity index is 868. The highest BCUT2D eigenvalue weighted by molar-refractivity contribution is 6.03. The molecule has 1 aromatic carbocycles. The fraction of sp³-hybridized carbons (Fsp3) is 0.500. The van der Waals surface area contributed by atoms with Crippen LogP contribution in [-0.2, 0) is 23.0 Å². The van der Waals surface area contributed by atoms with Gasteiger partial charge in [-0.3, -0.25) is 4.79 Å². The van der Waals surface area contributed by atoms with Crippen molar-refractivity contribution in [3.05, 3.63) is 57.9 Å². The first-order valence-corrected chi connectivity index (χ1v) is 10.3. The second-order valence-corrected chi connectivity index (χ2v) is 8.70. The summed E-state index contributed by atoms with van der Waals surface area (Å²) in [4.78, 5) is 28.6. The number of Topliss-reactive ketones (excluding diaryl/α,β-unsaturated/α-hetero) is 1. The smallest absolute Gasteiger partial charge is 0.355 e. The fourth-order valence-electron chi connectivity index (χ4n) is 4.10. The number of H-pyrrole nitrogens is 1. The van der Waals surface area contributed by atoms with E-state index in [1.165, 1.54) is 11.1 Å². The Morgan fingerprint density at radius 3 is 2.39 bits per heavy atom. The zero-order chi connectivity index (χ0) is 20.5. The molecule has 0 unspecified atom stereocenters. The molecule has 4 heteroatoms. The number of hydrogen-bond donors (Lipinski definition) is 1. The predicted octanol–water partition coefficient (Wildman–Crippen LogP) is 5.35. The Labute approximate surface area is 167 Å². The molecule has 1 atom stereocenters. The Hall–Kier alpha value is -2.36. The van der Waals surface area contributed by atoms with E-state index in [2.05, 4.69) is 56.9 Å². The molecule has 28 heavy (non-hydrogen) atoms. The van der Waals surface area contributed by atoms with Crippen LogP contribution in [-0.4, -0.2) is 23.3 Å². The van der Waals surface area contributed by atoms with Crippen molar-refractivity contribution in [1.29, 1.82) is 0 Å². The molecule has 0 spiro atoms. The summed E-state index contributed by atoms with van der Waals surface area (Å²) in [6, 6.07) is 8.62. The zero-order valence-electron chi connectivity index (χ0n) is 17.6. The number of fused-ring (bicyclic) bond motifs is 1. The van der Waals surface area contributed by atoms with Gasteiger partial charge in [-0.1, -0.05) is 58.4 Å². The molecular formula is C24H31NO3. The summed E-state index contributed by atoms with van der Waals surface area (Å²) in [6.45, 7) is 10.8. The molecule has 0 saturated heterocycles. The Morgan fingerprint density at radius 2 is 1.82 bits per heavy atom. The van der Waals surface area contributed by atoms with E-state index in [4.69, 9.17) is 4.74 Å². The number of nitrogens with one attached hydrogen (secondary N) is 1. The molecule has 0 saturated carbocycles. The van der Waals surface area contributed by atoms with Crippen molar-refractivity contribution < 1.29 is 14.3 Å². The minimum Gasteiger partial charge on any atom is -0.461 e. The number of carbonyl (C=O) groups is 2. The van der Waals surface area contributed by atoms with Gasteiger partial charge in [0, 0.05) is 17.7 Å². The van der Waals surface area contributed by atoms with Crippen molar-refractivity contribution in [3.8, 4) is 0 Å². The standard InChI is InChI=1S/C24H31NO3/c1-6-8-18-21-19(25-22(18)23(27)28-7-2)13-16(14-20(21)26)15-9-11-17(12-10-15)24(3,4)5/h9-12,16,25H,6-8,13-14H2,1-5H3/t16-/m1/s1. The van der Waals surface area contributed by atoms with E-state index in [0.29, 0.717) is 25.1 Å². The summed E-state index contributed by atoms with van der Waals surface area (Å²) in [5.41, 5.74) is 5.48. The summed E-state index contributed by atoms with van der Waals surface area (Å²) < 4.78 is 5.20. The summed E-state index contributed by atoms with van der Waals surface area (Å²) in [5.74, 6) is -0.0992. The van der Waals surface area contributed by atoms with Gasteiger partial charge in [-0.15, -0.1) is 0 Å². The van der Waals surface area contributed by atoms with Gasteiger partial charge in [0.1, 0.15) is 5.69 Å². The van der Waals surface area contributed by atoms with Gasteiger partial charge in [0.05, 0.1) is 6.61 Å². The van der Waals surface area contributed by atoms with Gasteiger partial charge in [-0.25, -0.2) is 4.79 Å². The molecule has 1 N–H and O–H groups in total. The molecule has 3 rings (SSSR count). The van der Waals surface area contributed by atoms with Gasteiger partial charge >= 0.3 is 5.97 Å². The molecule has 0 bridgehead atoms. The van der Waals surface area contributed by atoms with Crippen molar-refractivity contribution in [3.63, 3.8) is 0 Å². The summed E-state index contributed by atoms with van der Waals surface area (Å²) in [5, 5.41) is 0. The van der Waals surface area contributed by atoms with Crippen LogP contribution >= 0.6 is 0 Å². The maximum absolute atomic E-state index is 13.0. The van der Waals surface area contributed by atoms with Crippen molar-refractivity contribution in [2.75, 3.05) is 6.61 Å². The average molecular weight is 382 g/mol. The van der Waals surface area contributed by atoms with E-state index >= 15 is 0 Å². The second-order valence-electron chi connectivity index (χ2n) is 8.70. The molecule has 1 aromatic heterocycles. The fourth-order valence-corrected chi connectivity index (χ4v) is 4.10. The van der Waals surface area contributed by atoms with E-state index in [-0.39, 0.29) is 23.1 Å². The lowest BCUT2D eigenvalue weighted by atomic mass is 9.79. The van der Waals surface area contributed by atoms with Gasteiger partial charge in [0.25, 0.3) is 0 Å². The monoisotopic (exact) mass is 381 g/mol. The molecule has 4 nitrogen and oxygen atoms in total. The SMILES string of the molecule is CCCc1c(C(=O)OCC)[nH]c2c1C(=O)C[C@H](c1ccc(C(C)(C)C)cc1)C2. The lowest BCUT2D eigenvalue weighted by Gasteiger charge is -2.24. The Morgan fingerprint density at radius 1 is 1.14 bits per heavy atom. The quantitative estimate of drug-likeness (QED) is 0.710. The van der Waals surface area contributed by atoms with Crippen molar-refractivity contribution in [2.45, 2.75) is 71.6 Å². The van der Waals surface area contributed by atoms with Crippen LogP contribution in [0.5, 0.6) is 0 Å². The normalized spacial score (nSPS) is 16.8. The molecule has 2 aromatic rings. The number of carbonyl (C=O) groups excluding carboxylic acids is 2. The summed E-state index contributed by atoms with van der Waals surface area (Å²) in [6.07, 6.45) is 2.81. The third kappa shape index (κ3) is 3.91. The molecule has 150 valence electrons. The Kier molecular flexibility index (Phi) is 5.78. The van der Waals surface area contributed by atoms with Crippen LogP contribution in [0.3, 0.4) is 0 Å². The van der Waals surface area contributed by atoms with Gasteiger partial charge in [0.2, 0.25) is 0 Å². The topological polar surface area (TPSA) is 59.2 Å². The van der Waals surface area contributed by atoms with Gasteiger partial charge in [0.15, 0.2) is 5.78 Å². The third-order valence-electron chi connectivity index (χ3n) is 5.57. The van der Waals surface area contributed by atoms with Crippen LogP contribution in [0.15, 0.2) is 24.3 Å². The van der Waals surface area contributed by atoms with Gasteiger partial charge < -0.3 is 9.72 Å². The van der Waals surface area contributed by atoms with Crippen LogP contribution in [0.2, 0.25) is 0 Å². The van der Waals surface area contributed by atoms with E-state index in [9.17, 15) is 9.59 Å². The number of benzene rings is 1. The van der Waals surface area contributed by atoms with Crippen LogP contribution in [0.4, 0.5) is 0 Å². The lowest BCUT2D eigenvalue weighted by molar-refractivity contribution is 0.0518. The predicted molar refractivity (Wildman–Crippen MR) is 111 cm³/mol. The number of aromatic amines is 1. The van der Waals surface area contributed by atoms with E-state index < -0.39 is 0 Å². The molecular weight excluding hydrogens is 350 g/mol. The maximum Gasteiger partial charge on any atom is 0.355 e. The number of ketones is 1. The lowest BCUT2D eigenvalue weighted by Crippen LogP contribution is -2.19. The summed E-state index contributed by atoms with van der Waals surface area (Å²) in [7, 11) is 0. The number of aromatic nitrogens is 1. The highest BCUT2D eigenvalue weighted by Gasteiger charge is 2.33. The molecule has 0 amide bonds. The first kappa shape index (κ1) is 20.4. The maximum atomic E-state index is 13.0. The number of esters is 1. The third-order valence-corrected chi connectivity index (χ3v) is 5.57. The minimum atomic E-state index is -0.362. The molecule has 0 radical (unpaired) electrons. The van der Waals surface area contributed by atoms with Crippen LogP contribution in [0.1, 0.15) is 96.6 Å². The highest BCUT2D eigenvalue weighted by Crippen LogP contribution is 2.36. The minimum absolute atomic E-state index is 0.108. The molecule has 0 aliphatic heterocycles. The van der Waals surface area contributed by atoms with Crippen LogP contribution in [0, 0.1) is 0 Å². The Balaban J connectivity index is 1.93. The number of rotatable bonds is 5.